The summed E-state index contributed by atoms with van der Waals surface area (Å²) >= 11 is 6.99. The van der Waals surface area contributed by atoms with Gasteiger partial charge in [-0.15, -0.1) is 22.9 Å². The lowest BCUT2D eigenvalue weighted by atomic mass is 10.1. The topological polar surface area (TPSA) is 42.0 Å². The first kappa shape index (κ1) is 13.1. The Morgan fingerprint density at radius 3 is 2.83 bits per heavy atom. The third-order valence-electron chi connectivity index (χ3n) is 2.34. The number of anilines is 1. The number of hydrogen-bond donors (Lipinski definition) is 1. The van der Waals surface area contributed by atoms with E-state index in [-0.39, 0.29) is 5.91 Å². The number of carbonyl (C=O) groups is 1. The average molecular weight is 281 g/mol. The molecule has 3 nitrogen and oxygen atoms in total. The maximum absolute atomic E-state index is 11.4. The molecule has 1 aromatic carbocycles. The SMILES string of the molecule is O=C(CCCl)Nc1ncc(Cc2ccccc2)s1. The average Bonchev–Trinajstić information content (AvgIpc) is 2.78. The maximum atomic E-state index is 11.4. The van der Waals surface area contributed by atoms with E-state index in [9.17, 15) is 4.79 Å². The van der Waals surface area contributed by atoms with Gasteiger partial charge in [0.1, 0.15) is 0 Å². The molecule has 1 amide bonds. The van der Waals surface area contributed by atoms with Crippen molar-refractivity contribution in [1.29, 1.82) is 0 Å². The fourth-order valence-corrected chi connectivity index (χ4v) is 2.55. The highest BCUT2D eigenvalue weighted by atomic mass is 35.5. The largest absolute Gasteiger partial charge is 0.302 e. The van der Waals surface area contributed by atoms with E-state index in [1.54, 1.807) is 6.20 Å². The molecule has 94 valence electrons. The zero-order valence-electron chi connectivity index (χ0n) is 9.73. The molecular weight excluding hydrogens is 268 g/mol. The number of benzene rings is 1. The van der Waals surface area contributed by atoms with Crippen LogP contribution in [0.3, 0.4) is 0 Å². The molecule has 18 heavy (non-hydrogen) atoms. The van der Waals surface area contributed by atoms with Gasteiger partial charge in [0.25, 0.3) is 0 Å². The van der Waals surface area contributed by atoms with Gasteiger partial charge < -0.3 is 5.32 Å². The molecule has 0 saturated heterocycles. The van der Waals surface area contributed by atoms with Gasteiger partial charge in [0.15, 0.2) is 5.13 Å². The van der Waals surface area contributed by atoms with Crippen LogP contribution in [-0.4, -0.2) is 16.8 Å². The van der Waals surface area contributed by atoms with Gasteiger partial charge in [0.05, 0.1) is 0 Å². The van der Waals surface area contributed by atoms with Gasteiger partial charge in [-0.2, -0.15) is 0 Å². The summed E-state index contributed by atoms with van der Waals surface area (Å²) in [5.41, 5.74) is 1.24. The number of aromatic nitrogens is 1. The first-order valence-corrected chi connectivity index (χ1v) is 6.97. The van der Waals surface area contributed by atoms with Crippen LogP contribution in [0.25, 0.3) is 0 Å². The van der Waals surface area contributed by atoms with Crippen LogP contribution in [0.15, 0.2) is 36.5 Å². The summed E-state index contributed by atoms with van der Waals surface area (Å²) in [7, 11) is 0. The minimum atomic E-state index is -0.0920. The van der Waals surface area contributed by atoms with Crippen LogP contribution < -0.4 is 5.32 Å². The molecule has 0 unspecified atom stereocenters. The summed E-state index contributed by atoms with van der Waals surface area (Å²) in [5.74, 6) is 0.235. The van der Waals surface area contributed by atoms with Gasteiger partial charge in [-0.25, -0.2) is 4.98 Å². The molecule has 1 N–H and O–H groups in total. The van der Waals surface area contributed by atoms with E-state index in [1.165, 1.54) is 16.9 Å². The predicted molar refractivity (Wildman–Crippen MR) is 75.3 cm³/mol. The minimum Gasteiger partial charge on any atom is -0.302 e. The normalized spacial score (nSPS) is 10.3. The quantitative estimate of drug-likeness (QED) is 0.854. The molecule has 0 saturated carbocycles. The first-order chi connectivity index (χ1) is 8.78. The number of rotatable bonds is 5. The maximum Gasteiger partial charge on any atom is 0.227 e. The number of thiazole rings is 1. The van der Waals surface area contributed by atoms with Gasteiger partial charge >= 0.3 is 0 Å². The molecule has 2 aromatic rings. The lowest BCUT2D eigenvalue weighted by molar-refractivity contribution is -0.115. The summed E-state index contributed by atoms with van der Waals surface area (Å²) in [6.07, 6.45) is 2.95. The summed E-state index contributed by atoms with van der Waals surface area (Å²) in [6.45, 7) is 0. The molecule has 0 spiro atoms. The van der Waals surface area contributed by atoms with Crippen LogP contribution in [0.2, 0.25) is 0 Å². The van der Waals surface area contributed by atoms with Crippen LogP contribution in [0.4, 0.5) is 5.13 Å². The third kappa shape index (κ3) is 3.82. The number of alkyl halides is 1. The smallest absolute Gasteiger partial charge is 0.227 e. The number of halogens is 1. The van der Waals surface area contributed by atoms with Crippen molar-refractivity contribution in [1.82, 2.24) is 4.98 Å². The lowest BCUT2D eigenvalue weighted by Gasteiger charge is -1.98. The Bertz CT molecular complexity index is 513. The van der Waals surface area contributed by atoms with Crippen molar-refractivity contribution in [2.45, 2.75) is 12.8 Å². The van der Waals surface area contributed by atoms with E-state index in [0.717, 1.165) is 11.3 Å². The summed E-state index contributed by atoms with van der Waals surface area (Å²) < 4.78 is 0. The standard InChI is InChI=1S/C13H13ClN2OS/c14-7-6-12(17)16-13-15-9-11(18-13)8-10-4-2-1-3-5-10/h1-5,9H,6-8H2,(H,15,16,17). The van der Waals surface area contributed by atoms with Crippen molar-refractivity contribution in [3.63, 3.8) is 0 Å². The number of amides is 1. The van der Waals surface area contributed by atoms with Crippen molar-refractivity contribution in [3.05, 3.63) is 47.0 Å². The second kappa shape index (κ2) is 6.52. The number of nitrogens with one attached hydrogen (secondary N) is 1. The molecule has 0 radical (unpaired) electrons. The Hall–Kier alpha value is -1.39. The molecular formula is C13H13ClN2OS. The van der Waals surface area contributed by atoms with E-state index in [1.807, 2.05) is 18.2 Å². The molecule has 0 atom stereocenters. The highest BCUT2D eigenvalue weighted by molar-refractivity contribution is 7.15. The van der Waals surface area contributed by atoms with E-state index in [2.05, 4.69) is 22.4 Å². The fraction of sp³-hybridized carbons (Fsp3) is 0.231. The van der Waals surface area contributed by atoms with E-state index in [0.29, 0.717) is 17.4 Å². The number of nitrogens with zero attached hydrogens (tertiary/aromatic N) is 1. The second-order valence-electron chi connectivity index (χ2n) is 3.78. The van der Waals surface area contributed by atoms with Gasteiger partial charge in [-0.3, -0.25) is 4.79 Å². The van der Waals surface area contributed by atoms with Crippen molar-refractivity contribution < 1.29 is 4.79 Å². The highest BCUT2D eigenvalue weighted by Crippen LogP contribution is 2.21. The van der Waals surface area contributed by atoms with Gasteiger partial charge in [-0.05, 0) is 5.56 Å². The molecule has 2 rings (SSSR count). The van der Waals surface area contributed by atoms with Crippen LogP contribution in [0.5, 0.6) is 0 Å². The molecule has 1 heterocycles. The van der Waals surface area contributed by atoms with Crippen LogP contribution in [-0.2, 0) is 11.2 Å². The number of hydrogen-bond acceptors (Lipinski definition) is 3. The summed E-state index contributed by atoms with van der Waals surface area (Å²) in [6, 6.07) is 10.2. The Morgan fingerprint density at radius 1 is 1.33 bits per heavy atom. The minimum absolute atomic E-state index is 0.0920. The lowest BCUT2D eigenvalue weighted by Crippen LogP contribution is -2.11. The van der Waals surface area contributed by atoms with Crippen LogP contribution in [0, 0.1) is 0 Å². The van der Waals surface area contributed by atoms with E-state index < -0.39 is 0 Å². The van der Waals surface area contributed by atoms with Gasteiger partial charge in [0, 0.05) is 29.8 Å². The Labute approximate surface area is 115 Å². The molecule has 0 bridgehead atoms. The third-order valence-corrected chi connectivity index (χ3v) is 3.44. The Morgan fingerprint density at radius 2 is 2.11 bits per heavy atom. The fourth-order valence-electron chi connectivity index (χ4n) is 1.51. The zero-order valence-corrected chi connectivity index (χ0v) is 11.3. The van der Waals surface area contributed by atoms with E-state index >= 15 is 0 Å². The summed E-state index contributed by atoms with van der Waals surface area (Å²) in [4.78, 5) is 16.7. The molecule has 5 heteroatoms. The second-order valence-corrected chi connectivity index (χ2v) is 5.27. The molecule has 0 aliphatic rings. The van der Waals surface area contributed by atoms with E-state index in [4.69, 9.17) is 11.6 Å². The predicted octanol–water partition coefficient (Wildman–Crippen LogP) is 3.30. The first-order valence-electron chi connectivity index (χ1n) is 5.62. The van der Waals surface area contributed by atoms with Gasteiger partial charge in [-0.1, -0.05) is 30.3 Å². The van der Waals surface area contributed by atoms with Crippen molar-refractivity contribution >= 4 is 34.0 Å². The summed E-state index contributed by atoms with van der Waals surface area (Å²) in [5, 5.41) is 3.37. The molecule has 0 aliphatic heterocycles. The van der Waals surface area contributed by atoms with Crippen molar-refractivity contribution in [3.8, 4) is 0 Å². The van der Waals surface area contributed by atoms with Crippen molar-refractivity contribution in [2.75, 3.05) is 11.2 Å². The van der Waals surface area contributed by atoms with Crippen LogP contribution in [0.1, 0.15) is 16.9 Å². The molecule has 1 aromatic heterocycles. The Kier molecular flexibility index (Phi) is 4.73. The monoisotopic (exact) mass is 280 g/mol. The highest BCUT2D eigenvalue weighted by Gasteiger charge is 2.06. The van der Waals surface area contributed by atoms with Crippen molar-refractivity contribution in [2.24, 2.45) is 0 Å². The number of carbonyl (C=O) groups excluding carboxylic acids is 1. The Balaban J connectivity index is 1.96. The van der Waals surface area contributed by atoms with Gasteiger partial charge in [0.2, 0.25) is 5.91 Å². The zero-order chi connectivity index (χ0) is 12.8. The molecule has 0 aliphatic carbocycles. The molecule has 0 fully saturated rings. The van der Waals surface area contributed by atoms with Crippen LogP contribution >= 0.6 is 22.9 Å².